The highest BCUT2D eigenvalue weighted by atomic mass is 16.5. The molecule has 0 heterocycles. The van der Waals surface area contributed by atoms with Crippen LogP contribution < -0.4 is 18.9 Å². The molecule has 0 unspecified atom stereocenters. The van der Waals surface area contributed by atoms with Crippen molar-refractivity contribution in [2.45, 2.75) is 6.92 Å². The van der Waals surface area contributed by atoms with Gasteiger partial charge in [-0.2, -0.15) is 0 Å². The standard InChI is InChI=1S/C24H23NO4/c1-18(17-28-21-14-15-22(26-2)23(16-21)27-3)24(25-19-10-6-4-7-11-19)29-20-12-8-5-9-13-20/h4-17H,1-3H3/b18-17+,25-24?. The Morgan fingerprint density at radius 1 is 0.759 bits per heavy atom. The zero-order chi connectivity index (χ0) is 20.5. The minimum atomic E-state index is 0.447. The summed E-state index contributed by atoms with van der Waals surface area (Å²) in [5, 5.41) is 0. The number of hydrogen-bond acceptors (Lipinski definition) is 5. The van der Waals surface area contributed by atoms with Crippen LogP contribution in [0.5, 0.6) is 23.0 Å². The van der Waals surface area contributed by atoms with Gasteiger partial charge < -0.3 is 18.9 Å². The maximum absolute atomic E-state index is 6.01. The Hall–Kier alpha value is -3.73. The zero-order valence-corrected chi connectivity index (χ0v) is 16.7. The molecule has 0 bridgehead atoms. The topological polar surface area (TPSA) is 49.3 Å². The zero-order valence-electron chi connectivity index (χ0n) is 16.7. The summed E-state index contributed by atoms with van der Waals surface area (Å²) in [6.45, 7) is 1.88. The van der Waals surface area contributed by atoms with Crippen molar-refractivity contribution < 1.29 is 18.9 Å². The monoisotopic (exact) mass is 389 g/mol. The molecule has 3 rings (SSSR count). The summed E-state index contributed by atoms with van der Waals surface area (Å²) < 4.78 is 22.4. The first kappa shape index (κ1) is 20.0. The Balaban J connectivity index is 1.85. The van der Waals surface area contributed by atoms with Crippen molar-refractivity contribution in [3.63, 3.8) is 0 Å². The number of para-hydroxylation sites is 2. The molecule has 3 aromatic rings. The van der Waals surface area contributed by atoms with Crippen molar-refractivity contribution in [1.29, 1.82) is 0 Å². The van der Waals surface area contributed by atoms with E-state index in [1.54, 1.807) is 38.7 Å². The first-order valence-electron chi connectivity index (χ1n) is 9.12. The second-order valence-corrected chi connectivity index (χ2v) is 6.10. The van der Waals surface area contributed by atoms with Crippen LogP contribution in [0.1, 0.15) is 6.92 Å². The Kier molecular flexibility index (Phi) is 6.90. The summed E-state index contributed by atoms with van der Waals surface area (Å²) in [7, 11) is 3.18. The summed E-state index contributed by atoms with van der Waals surface area (Å²) in [5.74, 6) is 2.98. The molecule has 5 nitrogen and oxygen atoms in total. The van der Waals surface area contributed by atoms with E-state index >= 15 is 0 Å². The summed E-state index contributed by atoms with van der Waals surface area (Å²) in [4.78, 5) is 4.63. The number of aliphatic imine (C=N–C) groups is 1. The number of benzene rings is 3. The van der Waals surface area contributed by atoms with Gasteiger partial charge in [-0.1, -0.05) is 36.4 Å². The van der Waals surface area contributed by atoms with E-state index in [9.17, 15) is 0 Å². The van der Waals surface area contributed by atoms with E-state index in [1.807, 2.05) is 67.6 Å². The molecule has 0 aliphatic rings. The summed E-state index contributed by atoms with van der Waals surface area (Å²) in [6, 6.07) is 24.5. The Bertz CT molecular complexity index is 982. The Labute approximate surface area is 170 Å². The van der Waals surface area contributed by atoms with E-state index in [2.05, 4.69) is 4.99 Å². The van der Waals surface area contributed by atoms with Crippen LogP contribution >= 0.6 is 0 Å². The summed E-state index contributed by atoms with van der Waals surface area (Å²) in [5.41, 5.74) is 1.52. The predicted octanol–water partition coefficient (Wildman–Crippen LogP) is 5.80. The summed E-state index contributed by atoms with van der Waals surface area (Å²) >= 11 is 0. The molecular formula is C24H23NO4. The molecule has 0 atom stereocenters. The van der Waals surface area contributed by atoms with Gasteiger partial charge in [-0.25, -0.2) is 4.99 Å². The van der Waals surface area contributed by atoms with Gasteiger partial charge in [-0.3, -0.25) is 0 Å². The lowest BCUT2D eigenvalue weighted by Gasteiger charge is -2.11. The van der Waals surface area contributed by atoms with E-state index in [0.717, 1.165) is 11.3 Å². The van der Waals surface area contributed by atoms with Crippen LogP contribution in [0.4, 0.5) is 5.69 Å². The van der Waals surface area contributed by atoms with Crippen LogP contribution in [0.15, 0.2) is 95.7 Å². The van der Waals surface area contributed by atoms with Crippen LogP contribution in [-0.2, 0) is 0 Å². The molecular weight excluding hydrogens is 366 g/mol. The normalized spacial score (nSPS) is 11.7. The molecule has 5 heteroatoms. The third-order valence-corrected chi connectivity index (χ3v) is 4.01. The third-order valence-electron chi connectivity index (χ3n) is 4.01. The second-order valence-electron chi connectivity index (χ2n) is 6.10. The molecule has 148 valence electrons. The van der Waals surface area contributed by atoms with Crippen LogP contribution in [-0.4, -0.2) is 20.1 Å². The number of hydrogen-bond donors (Lipinski definition) is 0. The largest absolute Gasteiger partial charge is 0.493 e. The quantitative estimate of drug-likeness (QED) is 0.291. The van der Waals surface area contributed by atoms with Gasteiger partial charge in [0.2, 0.25) is 5.90 Å². The minimum Gasteiger partial charge on any atom is -0.493 e. The minimum absolute atomic E-state index is 0.447. The van der Waals surface area contributed by atoms with E-state index in [4.69, 9.17) is 18.9 Å². The van der Waals surface area contributed by atoms with E-state index in [1.165, 1.54) is 0 Å². The smallest absolute Gasteiger partial charge is 0.225 e. The van der Waals surface area contributed by atoms with E-state index in [0.29, 0.717) is 28.9 Å². The average Bonchev–Trinajstić information content (AvgIpc) is 2.78. The van der Waals surface area contributed by atoms with Gasteiger partial charge in [0.05, 0.1) is 26.2 Å². The molecule has 0 fully saturated rings. The van der Waals surface area contributed by atoms with Gasteiger partial charge in [-0.15, -0.1) is 0 Å². The van der Waals surface area contributed by atoms with Gasteiger partial charge in [0, 0.05) is 11.6 Å². The van der Waals surface area contributed by atoms with Crippen molar-refractivity contribution in [2.75, 3.05) is 14.2 Å². The number of methoxy groups -OCH3 is 2. The Morgan fingerprint density at radius 3 is 2.07 bits per heavy atom. The Morgan fingerprint density at radius 2 is 1.41 bits per heavy atom. The number of ether oxygens (including phenoxy) is 4. The van der Waals surface area contributed by atoms with Gasteiger partial charge in [-0.05, 0) is 43.3 Å². The lowest BCUT2D eigenvalue weighted by Crippen LogP contribution is -2.10. The molecule has 29 heavy (non-hydrogen) atoms. The highest BCUT2D eigenvalue weighted by Gasteiger charge is 2.09. The molecule has 0 aliphatic heterocycles. The fraction of sp³-hybridized carbons (Fsp3) is 0.125. The lowest BCUT2D eigenvalue weighted by atomic mass is 10.3. The second kappa shape index (κ2) is 9.99. The van der Waals surface area contributed by atoms with Crippen molar-refractivity contribution in [1.82, 2.24) is 0 Å². The van der Waals surface area contributed by atoms with Gasteiger partial charge >= 0.3 is 0 Å². The SMILES string of the molecule is COc1ccc(O/C=C(\C)C(=Nc2ccccc2)Oc2ccccc2)cc1OC. The lowest BCUT2D eigenvalue weighted by molar-refractivity contribution is 0.352. The van der Waals surface area contributed by atoms with Gasteiger partial charge in [0.15, 0.2) is 11.5 Å². The summed E-state index contributed by atoms with van der Waals surface area (Å²) in [6.07, 6.45) is 1.60. The van der Waals surface area contributed by atoms with Crippen molar-refractivity contribution in [3.8, 4) is 23.0 Å². The van der Waals surface area contributed by atoms with Crippen molar-refractivity contribution in [3.05, 3.63) is 90.7 Å². The fourth-order valence-corrected chi connectivity index (χ4v) is 2.51. The maximum Gasteiger partial charge on any atom is 0.225 e. The van der Waals surface area contributed by atoms with E-state index in [-0.39, 0.29) is 0 Å². The first-order valence-corrected chi connectivity index (χ1v) is 9.12. The van der Waals surface area contributed by atoms with Crippen molar-refractivity contribution in [2.24, 2.45) is 4.99 Å². The van der Waals surface area contributed by atoms with Crippen LogP contribution in [0.3, 0.4) is 0 Å². The highest BCUT2D eigenvalue weighted by molar-refractivity contribution is 5.96. The van der Waals surface area contributed by atoms with Gasteiger partial charge in [0.1, 0.15) is 11.5 Å². The molecule has 0 spiro atoms. The molecule has 0 saturated heterocycles. The molecule has 3 aromatic carbocycles. The van der Waals surface area contributed by atoms with Gasteiger partial charge in [0.25, 0.3) is 0 Å². The highest BCUT2D eigenvalue weighted by Crippen LogP contribution is 2.31. The molecule has 0 aliphatic carbocycles. The number of nitrogens with zero attached hydrogens (tertiary/aromatic N) is 1. The molecule has 0 amide bonds. The molecule has 0 radical (unpaired) electrons. The third kappa shape index (κ3) is 5.62. The first-order chi connectivity index (χ1) is 14.2. The number of rotatable bonds is 7. The van der Waals surface area contributed by atoms with Crippen LogP contribution in [0, 0.1) is 0 Å². The van der Waals surface area contributed by atoms with Crippen LogP contribution in [0.2, 0.25) is 0 Å². The van der Waals surface area contributed by atoms with Crippen molar-refractivity contribution >= 4 is 11.6 Å². The fourth-order valence-electron chi connectivity index (χ4n) is 2.51. The van der Waals surface area contributed by atoms with E-state index < -0.39 is 0 Å². The maximum atomic E-state index is 6.01. The van der Waals surface area contributed by atoms with Crippen LogP contribution in [0.25, 0.3) is 0 Å². The average molecular weight is 389 g/mol. The predicted molar refractivity (Wildman–Crippen MR) is 115 cm³/mol. The molecule has 0 saturated carbocycles. The molecule has 0 N–H and O–H groups in total. The molecule has 0 aromatic heterocycles.